The van der Waals surface area contributed by atoms with E-state index in [1.807, 2.05) is 6.92 Å². The second-order valence-electron chi connectivity index (χ2n) is 4.18. The first kappa shape index (κ1) is 13.4. The number of halogens is 1. The van der Waals surface area contributed by atoms with Gasteiger partial charge in [-0.25, -0.2) is 9.97 Å². The summed E-state index contributed by atoms with van der Waals surface area (Å²) in [6.07, 6.45) is 0. The molecule has 16 heavy (non-hydrogen) atoms. The SMILES string of the molecule is COCC(C)c1nc(N)c(Br)c(C(C)C)n1. The molecule has 0 saturated heterocycles. The zero-order valence-electron chi connectivity index (χ0n) is 10.1. The van der Waals surface area contributed by atoms with Crippen LogP contribution in [-0.2, 0) is 4.74 Å². The van der Waals surface area contributed by atoms with E-state index in [1.165, 1.54) is 0 Å². The van der Waals surface area contributed by atoms with Crippen LogP contribution in [0.15, 0.2) is 4.47 Å². The van der Waals surface area contributed by atoms with Crippen molar-refractivity contribution in [2.24, 2.45) is 0 Å². The van der Waals surface area contributed by atoms with Crippen LogP contribution in [-0.4, -0.2) is 23.7 Å². The van der Waals surface area contributed by atoms with E-state index in [4.69, 9.17) is 10.5 Å². The van der Waals surface area contributed by atoms with Gasteiger partial charge < -0.3 is 10.5 Å². The highest BCUT2D eigenvalue weighted by atomic mass is 79.9. The van der Waals surface area contributed by atoms with Crippen molar-refractivity contribution in [2.45, 2.75) is 32.6 Å². The molecular weight excluding hydrogens is 270 g/mol. The average Bonchev–Trinajstić information content (AvgIpc) is 2.21. The first-order valence-corrected chi connectivity index (χ1v) is 6.08. The van der Waals surface area contributed by atoms with E-state index < -0.39 is 0 Å². The minimum absolute atomic E-state index is 0.151. The first-order valence-electron chi connectivity index (χ1n) is 5.29. The van der Waals surface area contributed by atoms with Gasteiger partial charge in [0.05, 0.1) is 16.8 Å². The molecule has 1 aromatic rings. The van der Waals surface area contributed by atoms with Gasteiger partial charge >= 0.3 is 0 Å². The summed E-state index contributed by atoms with van der Waals surface area (Å²) in [5, 5.41) is 0. The van der Waals surface area contributed by atoms with E-state index >= 15 is 0 Å². The van der Waals surface area contributed by atoms with Crippen molar-refractivity contribution in [3.8, 4) is 0 Å². The fourth-order valence-corrected chi connectivity index (χ4v) is 2.06. The van der Waals surface area contributed by atoms with Crippen LogP contribution in [0.2, 0.25) is 0 Å². The molecule has 0 amide bonds. The highest BCUT2D eigenvalue weighted by Crippen LogP contribution is 2.28. The third-order valence-electron chi connectivity index (χ3n) is 2.32. The van der Waals surface area contributed by atoms with Crippen molar-refractivity contribution in [2.75, 3.05) is 19.5 Å². The van der Waals surface area contributed by atoms with Gasteiger partial charge in [0.15, 0.2) is 0 Å². The predicted octanol–water partition coefficient (Wildman–Crippen LogP) is 2.69. The van der Waals surface area contributed by atoms with E-state index in [0.717, 1.165) is 16.0 Å². The number of hydrogen-bond donors (Lipinski definition) is 1. The van der Waals surface area contributed by atoms with Gasteiger partial charge in [-0.3, -0.25) is 0 Å². The molecule has 0 aliphatic heterocycles. The monoisotopic (exact) mass is 287 g/mol. The van der Waals surface area contributed by atoms with Gasteiger partial charge in [0.1, 0.15) is 11.6 Å². The fourth-order valence-electron chi connectivity index (χ4n) is 1.43. The van der Waals surface area contributed by atoms with Gasteiger partial charge in [0, 0.05) is 13.0 Å². The summed E-state index contributed by atoms with van der Waals surface area (Å²) in [6, 6.07) is 0. The molecule has 0 radical (unpaired) electrons. The summed E-state index contributed by atoms with van der Waals surface area (Å²) in [5.74, 6) is 1.70. The molecule has 90 valence electrons. The molecule has 1 unspecified atom stereocenters. The number of nitrogens with zero attached hydrogens (tertiary/aromatic N) is 2. The number of hydrogen-bond acceptors (Lipinski definition) is 4. The second-order valence-corrected chi connectivity index (χ2v) is 4.97. The lowest BCUT2D eigenvalue weighted by molar-refractivity contribution is 0.181. The number of anilines is 1. The molecule has 0 aliphatic carbocycles. The molecule has 1 rings (SSSR count). The van der Waals surface area contributed by atoms with Crippen LogP contribution in [0.4, 0.5) is 5.82 Å². The standard InChI is InChI=1S/C11H18BrN3O/c1-6(2)9-8(12)10(13)15-11(14-9)7(3)5-16-4/h6-7H,5H2,1-4H3,(H2,13,14,15). The van der Waals surface area contributed by atoms with Gasteiger partial charge in [-0.15, -0.1) is 0 Å². The Hall–Kier alpha value is -0.680. The van der Waals surface area contributed by atoms with Crippen molar-refractivity contribution in [1.82, 2.24) is 9.97 Å². The number of aromatic nitrogens is 2. The minimum Gasteiger partial charge on any atom is -0.384 e. The zero-order valence-corrected chi connectivity index (χ0v) is 11.7. The fraction of sp³-hybridized carbons (Fsp3) is 0.636. The molecule has 4 nitrogen and oxygen atoms in total. The molecular formula is C11H18BrN3O. The van der Waals surface area contributed by atoms with E-state index in [1.54, 1.807) is 7.11 Å². The van der Waals surface area contributed by atoms with Crippen molar-refractivity contribution in [3.63, 3.8) is 0 Å². The van der Waals surface area contributed by atoms with E-state index in [2.05, 4.69) is 39.7 Å². The Balaban J connectivity index is 3.13. The number of methoxy groups -OCH3 is 1. The van der Waals surface area contributed by atoms with Gasteiger partial charge in [-0.2, -0.15) is 0 Å². The number of rotatable bonds is 4. The van der Waals surface area contributed by atoms with Crippen LogP contribution >= 0.6 is 15.9 Å². The maximum absolute atomic E-state index is 5.85. The molecule has 0 spiro atoms. The van der Waals surface area contributed by atoms with Gasteiger partial charge in [0.25, 0.3) is 0 Å². The van der Waals surface area contributed by atoms with Gasteiger partial charge in [0.2, 0.25) is 0 Å². The molecule has 0 bridgehead atoms. The van der Waals surface area contributed by atoms with E-state index in [9.17, 15) is 0 Å². The van der Waals surface area contributed by atoms with Gasteiger partial charge in [-0.1, -0.05) is 20.8 Å². The largest absolute Gasteiger partial charge is 0.384 e. The summed E-state index contributed by atoms with van der Waals surface area (Å²) < 4.78 is 5.90. The van der Waals surface area contributed by atoms with Crippen LogP contribution in [0.1, 0.15) is 44.1 Å². The molecule has 0 fully saturated rings. The Morgan fingerprint density at radius 2 is 1.94 bits per heavy atom. The Kier molecular flexibility index (Phi) is 4.68. The topological polar surface area (TPSA) is 61.0 Å². The molecule has 0 saturated carbocycles. The van der Waals surface area contributed by atoms with Crippen LogP contribution in [0.25, 0.3) is 0 Å². The smallest absolute Gasteiger partial charge is 0.141 e. The second kappa shape index (κ2) is 5.59. The molecule has 1 aromatic heterocycles. The molecule has 0 aliphatic rings. The molecule has 1 heterocycles. The molecule has 5 heteroatoms. The Labute approximate surface area is 105 Å². The molecule has 2 N–H and O–H groups in total. The number of nitrogen functional groups attached to an aromatic ring is 1. The first-order chi connectivity index (χ1) is 7.47. The quantitative estimate of drug-likeness (QED) is 0.925. The third-order valence-corrected chi connectivity index (χ3v) is 3.14. The van der Waals surface area contributed by atoms with Crippen molar-refractivity contribution in [3.05, 3.63) is 16.0 Å². The molecule has 1 atom stereocenters. The number of nitrogens with two attached hydrogens (primary N) is 1. The van der Waals surface area contributed by atoms with Crippen LogP contribution in [0.5, 0.6) is 0 Å². The minimum atomic E-state index is 0.151. The van der Waals surface area contributed by atoms with Gasteiger partial charge in [-0.05, 0) is 21.8 Å². The Bertz CT molecular complexity index is 368. The third kappa shape index (κ3) is 2.92. The zero-order chi connectivity index (χ0) is 12.3. The Morgan fingerprint density at radius 3 is 2.44 bits per heavy atom. The van der Waals surface area contributed by atoms with Crippen LogP contribution in [0.3, 0.4) is 0 Å². The summed E-state index contributed by atoms with van der Waals surface area (Å²) in [6.45, 7) is 6.78. The lowest BCUT2D eigenvalue weighted by atomic mass is 10.1. The van der Waals surface area contributed by atoms with Crippen molar-refractivity contribution < 1.29 is 4.74 Å². The van der Waals surface area contributed by atoms with Crippen LogP contribution < -0.4 is 5.73 Å². The lowest BCUT2D eigenvalue weighted by Crippen LogP contribution is -2.12. The maximum Gasteiger partial charge on any atom is 0.141 e. The Morgan fingerprint density at radius 1 is 1.31 bits per heavy atom. The lowest BCUT2D eigenvalue weighted by Gasteiger charge is -2.14. The van der Waals surface area contributed by atoms with E-state index in [-0.39, 0.29) is 5.92 Å². The maximum atomic E-state index is 5.85. The highest BCUT2D eigenvalue weighted by Gasteiger charge is 2.16. The normalized spacial score (nSPS) is 13.1. The highest BCUT2D eigenvalue weighted by molar-refractivity contribution is 9.10. The van der Waals surface area contributed by atoms with E-state index in [0.29, 0.717) is 18.3 Å². The van der Waals surface area contributed by atoms with Crippen molar-refractivity contribution >= 4 is 21.7 Å². The summed E-state index contributed by atoms with van der Waals surface area (Å²) in [4.78, 5) is 8.81. The molecule has 0 aromatic carbocycles. The van der Waals surface area contributed by atoms with Crippen LogP contribution in [0, 0.1) is 0 Å². The predicted molar refractivity (Wildman–Crippen MR) is 68.5 cm³/mol. The number of ether oxygens (including phenoxy) is 1. The summed E-state index contributed by atoms with van der Waals surface area (Å²) in [5.41, 5.74) is 6.80. The summed E-state index contributed by atoms with van der Waals surface area (Å²) >= 11 is 3.42. The van der Waals surface area contributed by atoms with Crippen molar-refractivity contribution in [1.29, 1.82) is 0 Å². The summed E-state index contributed by atoms with van der Waals surface area (Å²) in [7, 11) is 1.67. The average molecular weight is 288 g/mol.